The highest BCUT2D eigenvalue weighted by Crippen LogP contribution is 2.21. The molecule has 0 aliphatic rings. The van der Waals surface area contributed by atoms with Crippen molar-refractivity contribution in [3.8, 4) is 0 Å². The summed E-state index contributed by atoms with van der Waals surface area (Å²) < 4.78 is 27.3. The minimum atomic E-state index is -3.69. The highest BCUT2D eigenvalue weighted by Gasteiger charge is 2.19. The third-order valence-electron chi connectivity index (χ3n) is 3.69. The van der Waals surface area contributed by atoms with Gasteiger partial charge in [0.15, 0.2) is 0 Å². The molecule has 1 aromatic rings. The highest BCUT2D eigenvalue weighted by atomic mass is 32.2. The lowest BCUT2D eigenvalue weighted by atomic mass is 10.1. The van der Waals surface area contributed by atoms with E-state index >= 15 is 0 Å². The molecule has 0 spiro atoms. The van der Waals surface area contributed by atoms with Gasteiger partial charge in [0, 0.05) is 25.9 Å². The fraction of sp³-hybridized carbons (Fsp3) is 0.529. The number of carbonyl (C=O) groups excluding carboxylic acids is 1. The molecule has 0 fully saturated rings. The quantitative estimate of drug-likeness (QED) is 0.610. The van der Waals surface area contributed by atoms with E-state index in [0.717, 1.165) is 5.56 Å². The summed E-state index contributed by atoms with van der Waals surface area (Å²) in [5.41, 5.74) is 2.32. The number of hydrogen-bond acceptors (Lipinski definition) is 4. The number of carbonyl (C=O) groups is 2. The second-order valence-electron chi connectivity index (χ2n) is 6.38. The Morgan fingerprint density at radius 2 is 1.72 bits per heavy atom. The monoisotopic (exact) mass is 370 g/mol. The number of amides is 1. The summed E-state index contributed by atoms with van der Waals surface area (Å²) in [6, 6.07) is 3.61. The fourth-order valence-electron chi connectivity index (χ4n) is 2.71. The molecule has 140 valence electrons. The Kier molecular flexibility index (Phi) is 7.57. The van der Waals surface area contributed by atoms with Gasteiger partial charge in [0.2, 0.25) is 15.9 Å². The predicted octanol–water partition coefficient (Wildman–Crippen LogP) is 1.51. The lowest BCUT2D eigenvalue weighted by Crippen LogP contribution is -2.33. The van der Waals surface area contributed by atoms with E-state index in [0.29, 0.717) is 11.1 Å². The minimum Gasteiger partial charge on any atom is -0.481 e. The van der Waals surface area contributed by atoms with Gasteiger partial charge < -0.3 is 10.4 Å². The van der Waals surface area contributed by atoms with Gasteiger partial charge in [-0.05, 0) is 37.8 Å². The molecule has 1 unspecified atom stereocenters. The second-order valence-corrected chi connectivity index (χ2v) is 8.09. The molecule has 0 aliphatic carbocycles. The number of rotatable bonds is 9. The maximum Gasteiger partial charge on any atom is 0.303 e. The SMILES string of the molecule is Cc1cc(C)c(S(=O)(=O)NCCC(=O)NCC(C)CC(=O)O)c(C)c1. The van der Waals surface area contributed by atoms with E-state index in [1.165, 1.54) is 0 Å². The van der Waals surface area contributed by atoms with E-state index in [9.17, 15) is 18.0 Å². The Morgan fingerprint density at radius 3 is 2.24 bits per heavy atom. The predicted molar refractivity (Wildman–Crippen MR) is 94.9 cm³/mol. The highest BCUT2D eigenvalue weighted by molar-refractivity contribution is 7.89. The van der Waals surface area contributed by atoms with Gasteiger partial charge in [0.25, 0.3) is 0 Å². The molecule has 25 heavy (non-hydrogen) atoms. The molecule has 1 aromatic carbocycles. The number of aryl methyl sites for hydroxylation is 3. The molecule has 3 N–H and O–H groups in total. The summed E-state index contributed by atoms with van der Waals surface area (Å²) in [4.78, 5) is 22.5. The molecule has 8 heteroatoms. The smallest absolute Gasteiger partial charge is 0.303 e. The number of nitrogens with one attached hydrogen (secondary N) is 2. The number of carboxylic acid groups (broad SMARTS) is 1. The van der Waals surface area contributed by atoms with Crippen molar-refractivity contribution >= 4 is 21.9 Å². The van der Waals surface area contributed by atoms with E-state index in [2.05, 4.69) is 10.0 Å². The van der Waals surface area contributed by atoms with Crippen LogP contribution in [0, 0.1) is 26.7 Å². The summed E-state index contributed by atoms with van der Waals surface area (Å²) in [7, 11) is -3.69. The molecule has 7 nitrogen and oxygen atoms in total. The Labute approximate surface area is 148 Å². The van der Waals surface area contributed by atoms with Crippen molar-refractivity contribution < 1.29 is 23.1 Å². The molecule has 0 saturated heterocycles. The number of carboxylic acids is 1. The van der Waals surface area contributed by atoms with Crippen LogP contribution in [0.3, 0.4) is 0 Å². The van der Waals surface area contributed by atoms with Gasteiger partial charge in [-0.25, -0.2) is 13.1 Å². The van der Waals surface area contributed by atoms with Crippen molar-refractivity contribution in [2.24, 2.45) is 5.92 Å². The fourth-order valence-corrected chi connectivity index (χ4v) is 4.19. The number of aliphatic carboxylic acids is 1. The van der Waals surface area contributed by atoms with Gasteiger partial charge in [0.05, 0.1) is 4.90 Å². The van der Waals surface area contributed by atoms with Crippen molar-refractivity contribution in [3.05, 3.63) is 28.8 Å². The first-order valence-electron chi connectivity index (χ1n) is 8.09. The van der Waals surface area contributed by atoms with Crippen LogP contribution in [0.4, 0.5) is 0 Å². The standard InChI is InChI=1S/C17H26N2O5S/c1-11-7-13(3)17(14(4)8-11)25(23,24)19-6-5-15(20)18-10-12(2)9-16(21)22/h7-8,12,19H,5-6,9-10H2,1-4H3,(H,18,20)(H,21,22). The van der Waals surface area contributed by atoms with Crippen molar-refractivity contribution in [1.29, 1.82) is 0 Å². The first-order valence-corrected chi connectivity index (χ1v) is 9.57. The van der Waals surface area contributed by atoms with E-state index in [-0.39, 0.29) is 42.7 Å². The Bertz CT molecular complexity index is 720. The van der Waals surface area contributed by atoms with Crippen LogP contribution in [0.5, 0.6) is 0 Å². The Morgan fingerprint density at radius 1 is 1.16 bits per heavy atom. The summed E-state index contributed by atoms with van der Waals surface area (Å²) in [6.45, 7) is 7.33. The van der Waals surface area contributed by atoms with Gasteiger partial charge in [-0.3, -0.25) is 9.59 Å². The topological polar surface area (TPSA) is 113 Å². The van der Waals surface area contributed by atoms with Crippen LogP contribution in [0.15, 0.2) is 17.0 Å². The molecular weight excluding hydrogens is 344 g/mol. The molecule has 0 bridgehead atoms. The van der Waals surface area contributed by atoms with Gasteiger partial charge in [-0.2, -0.15) is 0 Å². The lowest BCUT2D eigenvalue weighted by Gasteiger charge is -2.13. The molecular formula is C17H26N2O5S. The second kappa shape index (κ2) is 8.96. The van der Waals surface area contributed by atoms with Crippen molar-refractivity contribution in [3.63, 3.8) is 0 Å². The van der Waals surface area contributed by atoms with Crippen molar-refractivity contribution in [2.45, 2.75) is 45.4 Å². The number of hydrogen-bond donors (Lipinski definition) is 3. The molecule has 1 amide bonds. The summed E-state index contributed by atoms with van der Waals surface area (Å²) in [5.74, 6) is -1.42. The molecule has 0 aliphatic heterocycles. The average Bonchev–Trinajstić information content (AvgIpc) is 2.42. The van der Waals surface area contributed by atoms with Gasteiger partial charge >= 0.3 is 5.97 Å². The lowest BCUT2D eigenvalue weighted by molar-refractivity contribution is -0.138. The van der Waals surface area contributed by atoms with Gasteiger partial charge in [0.1, 0.15) is 0 Å². The van der Waals surface area contributed by atoms with Crippen LogP contribution in [0.1, 0.15) is 36.5 Å². The molecule has 0 heterocycles. The largest absolute Gasteiger partial charge is 0.481 e. The van der Waals surface area contributed by atoms with Crippen LogP contribution < -0.4 is 10.0 Å². The van der Waals surface area contributed by atoms with E-state index in [1.807, 2.05) is 6.92 Å². The zero-order valence-corrected chi connectivity index (χ0v) is 15.9. The summed E-state index contributed by atoms with van der Waals surface area (Å²) in [6.07, 6.45) is -0.0398. The number of benzene rings is 1. The van der Waals surface area contributed by atoms with E-state index < -0.39 is 16.0 Å². The van der Waals surface area contributed by atoms with E-state index in [1.54, 1.807) is 32.9 Å². The molecule has 0 aromatic heterocycles. The van der Waals surface area contributed by atoms with Crippen LogP contribution in [-0.2, 0) is 19.6 Å². The molecule has 1 atom stereocenters. The zero-order chi connectivity index (χ0) is 19.2. The summed E-state index contributed by atoms with van der Waals surface area (Å²) in [5, 5.41) is 11.3. The third kappa shape index (κ3) is 6.83. The Balaban J connectivity index is 2.55. The van der Waals surface area contributed by atoms with Crippen LogP contribution in [0.2, 0.25) is 0 Å². The minimum absolute atomic E-state index is 0.0109. The van der Waals surface area contributed by atoms with Crippen LogP contribution in [-0.4, -0.2) is 38.5 Å². The first-order chi connectivity index (χ1) is 11.5. The van der Waals surface area contributed by atoms with Crippen molar-refractivity contribution in [1.82, 2.24) is 10.0 Å². The van der Waals surface area contributed by atoms with Crippen LogP contribution in [0.25, 0.3) is 0 Å². The first kappa shape index (κ1) is 21.1. The summed E-state index contributed by atoms with van der Waals surface area (Å²) >= 11 is 0. The van der Waals surface area contributed by atoms with Crippen molar-refractivity contribution in [2.75, 3.05) is 13.1 Å². The van der Waals surface area contributed by atoms with Gasteiger partial charge in [-0.15, -0.1) is 0 Å². The maximum absolute atomic E-state index is 12.4. The Hall–Kier alpha value is -1.93. The van der Waals surface area contributed by atoms with E-state index in [4.69, 9.17) is 5.11 Å². The van der Waals surface area contributed by atoms with Gasteiger partial charge in [-0.1, -0.05) is 24.6 Å². The normalized spacial score (nSPS) is 12.6. The number of sulfonamides is 1. The van der Waals surface area contributed by atoms with Crippen LogP contribution >= 0.6 is 0 Å². The average molecular weight is 370 g/mol. The molecule has 0 saturated carbocycles. The zero-order valence-electron chi connectivity index (χ0n) is 15.0. The maximum atomic E-state index is 12.4. The third-order valence-corrected chi connectivity index (χ3v) is 5.45. The molecule has 0 radical (unpaired) electrons. The molecule has 1 rings (SSSR count).